The number of nitrogens with one attached hydrogen (secondary N) is 3. The van der Waals surface area contributed by atoms with E-state index in [0.29, 0.717) is 5.01 Å². The molecule has 2 heterocycles. The van der Waals surface area contributed by atoms with E-state index in [-0.39, 0.29) is 31.0 Å². The lowest BCUT2D eigenvalue weighted by molar-refractivity contribution is -0.134. The molecular weight excluding hydrogens is 300 g/mol. The molecule has 1 unspecified atom stereocenters. The first kappa shape index (κ1) is 14.9. The van der Waals surface area contributed by atoms with E-state index in [1.807, 2.05) is 0 Å². The number of aromatic nitrogens is 1. The molecule has 2 rings (SSSR count). The number of thiazole rings is 1. The summed E-state index contributed by atoms with van der Waals surface area (Å²) < 4.78 is 0. The summed E-state index contributed by atoms with van der Waals surface area (Å²) in [6, 6.07) is -1.34. The number of nitrogens with zero attached hydrogens (tertiary/aromatic N) is 1. The first-order valence-electron chi connectivity index (χ1n) is 6.01. The monoisotopic (exact) mass is 312 g/mol. The van der Waals surface area contributed by atoms with Gasteiger partial charge in [0, 0.05) is 11.8 Å². The Kier molecular flexibility index (Phi) is 4.48. The van der Waals surface area contributed by atoms with E-state index < -0.39 is 23.9 Å². The van der Waals surface area contributed by atoms with Crippen molar-refractivity contribution in [2.45, 2.75) is 25.4 Å². The summed E-state index contributed by atoms with van der Waals surface area (Å²) in [5.41, 5.74) is -0.0811. The minimum absolute atomic E-state index is 0.0526. The van der Waals surface area contributed by atoms with E-state index in [1.54, 1.807) is 0 Å². The van der Waals surface area contributed by atoms with E-state index in [0.717, 1.165) is 11.3 Å². The second-order valence-electron chi connectivity index (χ2n) is 4.26. The molecule has 1 aliphatic rings. The molecule has 112 valence electrons. The number of hydrogen-bond acceptors (Lipinski definition) is 6. The van der Waals surface area contributed by atoms with Gasteiger partial charge in [-0.1, -0.05) is 0 Å². The van der Waals surface area contributed by atoms with Crippen LogP contribution in [0.3, 0.4) is 0 Å². The number of carboxylic acid groups (broad SMARTS) is 1. The Hall–Kier alpha value is -2.49. The highest BCUT2D eigenvalue weighted by atomic mass is 32.1. The third-order valence-electron chi connectivity index (χ3n) is 2.72. The summed E-state index contributed by atoms with van der Waals surface area (Å²) in [5, 5.41) is 17.6. The Bertz CT molecular complexity index is 599. The molecule has 0 spiro atoms. The van der Waals surface area contributed by atoms with Crippen molar-refractivity contribution in [2.24, 2.45) is 0 Å². The van der Waals surface area contributed by atoms with Crippen LogP contribution in [-0.4, -0.2) is 39.9 Å². The van der Waals surface area contributed by atoms with Gasteiger partial charge in [0.1, 0.15) is 11.0 Å². The Morgan fingerprint density at radius 2 is 2.24 bits per heavy atom. The average molecular weight is 312 g/mol. The molecular formula is C11H12N4O5S. The van der Waals surface area contributed by atoms with E-state index in [2.05, 4.69) is 20.9 Å². The van der Waals surface area contributed by atoms with Crippen LogP contribution in [0, 0.1) is 0 Å². The molecule has 4 amide bonds. The summed E-state index contributed by atoms with van der Waals surface area (Å²) >= 11 is 1.11. The number of imide groups is 1. The normalized spacial score (nSPS) is 18.0. The number of aromatic carboxylic acids is 1. The van der Waals surface area contributed by atoms with Crippen LogP contribution in [-0.2, 0) is 16.1 Å². The quantitative estimate of drug-likeness (QED) is 0.550. The molecule has 1 aliphatic heterocycles. The molecule has 0 aromatic carbocycles. The van der Waals surface area contributed by atoms with Crippen molar-refractivity contribution >= 4 is 35.2 Å². The smallest absolute Gasteiger partial charge is 0.355 e. The third-order valence-corrected chi connectivity index (χ3v) is 3.56. The van der Waals surface area contributed by atoms with Gasteiger partial charge in [-0.2, -0.15) is 0 Å². The number of carbonyl (C=O) groups is 4. The van der Waals surface area contributed by atoms with Gasteiger partial charge >= 0.3 is 12.0 Å². The van der Waals surface area contributed by atoms with Crippen LogP contribution in [0.15, 0.2) is 5.38 Å². The van der Waals surface area contributed by atoms with Crippen LogP contribution in [0.2, 0.25) is 0 Å². The van der Waals surface area contributed by atoms with Crippen LogP contribution in [0.5, 0.6) is 0 Å². The maximum atomic E-state index is 11.6. The summed E-state index contributed by atoms with van der Waals surface area (Å²) in [6.45, 7) is 0.0526. The molecule has 1 saturated heterocycles. The third kappa shape index (κ3) is 3.99. The molecule has 0 radical (unpaired) electrons. The predicted octanol–water partition coefficient (Wildman–Crippen LogP) is -0.554. The maximum Gasteiger partial charge on any atom is 0.355 e. The lowest BCUT2D eigenvalue weighted by atomic mass is 10.1. The number of hydrogen-bond donors (Lipinski definition) is 4. The molecule has 1 atom stereocenters. The number of rotatable bonds is 4. The molecule has 0 bridgehead atoms. The molecule has 4 N–H and O–H groups in total. The van der Waals surface area contributed by atoms with Crippen LogP contribution in [0.25, 0.3) is 0 Å². The second-order valence-corrected chi connectivity index (χ2v) is 5.20. The maximum absolute atomic E-state index is 11.6. The van der Waals surface area contributed by atoms with Crippen LogP contribution in [0.1, 0.15) is 28.3 Å². The van der Waals surface area contributed by atoms with Gasteiger partial charge < -0.3 is 15.7 Å². The Balaban J connectivity index is 1.80. The summed E-state index contributed by atoms with van der Waals surface area (Å²) in [4.78, 5) is 48.5. The Morgan fingerprint density at radius 3 is 2.86 bits per heavy atom. The summed E-state index contributed by atoms with van der Waals surface area (Å²) in [5.74, 6) is -2.03. The van der Waals surface area contributed by atoms with Gasteiger partial charge in [-0.05, 0) is 6.42 Å². The van der Waals surface area contributed by atoms with E-state index in [9.17, 15) is 19.2 Å². The molecule has 9 nitrogen and oxygen atoms in total. The van der Waals surface area contributed by atoms with Crippen molar-refractivity contribution in [1.29, 1.82) is 0 Å². The number of carboxylic acids is 1. The van der Waals surface area contributed by atoms with Gasteiger partial charge in [-0.3, -0.25) is 14.9 Å². The molecule has 0 aliphatic carbocycles. The van der Waals surface area contributed by atoms with Crippen molar-refractivity contribution in [2.75, 3.05) is 0 Å². The molecule has 0 saturated carbocycles. The van der Waals surface area contributed by atoms with Gasteiger partial charge in [0.15, 0.2) is 5.69 Å². The van der Waals surface area contributed by atoms with Gasteiger partial charge in [0.25, 0.3) is 0 Å². The minimum atomic E-state index is -1.13. The van der Waals surface area contributed by atoms with E-state index >= 15 is 0 Å². The zero-order valence-electron chi connectivity index (χ0n) is 10.7. The van der Waals surface area contributed by atoms with Gasteiger partial charge in [0.05, 0.1) is 6.54 Å². The first-order valence-corrected chi connectivity index (χ1v) is 6.89. The highest BCUT2D eigenvalue weighted by molar-refractivity contribution is 7.09. The topological polar surface area (TPSA) is 137 Å². The van der Waals surface area contributed by atoms with Crippen molar-refractivity contribution < 1.29 is 24.3 Å². The Labute approximate surface area is 122 Å². The highest BCUT2D eigenvalue weighted by Crippen LogP contribution is 2.09. The van der Waals surface area contributed by atoms with Crippen LogP contribution < -0.4 is 16.0 Å². The second kappa shape index (κ2) is 6.31. The standard InChI is InChI=1S/C11H12N4O5S/c16-7-2-1-5(9(17)15-7)14-11(20)12-3-8-13-6(4-21-8)10(18)19/h4-5H,1-3H2,(H,18,19)(H2,12,14,20)(H,15,16,17). The fourth-order valence-electron chi connectivity index (χ4n) is 1.69. The molecule has 1 aromatic heterocycles. The Morgan fingerprint density at radius 1 is 1.48 bits per heavy atom. The number of piperidine rings is 1. The van der Waals surface area contributed by atoms with Crippen LogP contribution in [0.4, 0.5) is 4.79 Å². The van der Waals surface area contributed by atoms with Crippen molar-refractivity contribution in [3.63, 3.8) is 0 Å². The van der Waals surface area contributed by atoms with Crippen molar-refractivity contribution in [3.8, 4) is 0 Å². The zero-order chi connectivity index (χ0) is 15.4. The lowest BCUT2D eigenvalue weighted by Gasteiger charge is -2.21. The predicted molar refractivity (Wildman–Crippen MR) is 70.6 cm³/mol. The van der Waals surface area contributed by atoms with Gasteiger partial charge in [-0.25, -0.2) is 14.6 Å². The van der Waals surface area contributed by atoms with E-state index in [1.165, 1.54) is 5.38 Å². The number of amides is 4. The summed E-state index contributed by atoms with van der Waals surface area (Å²) in [7, 11) is 0. The number of carbonyl (C=O) groups excluding carboxylic acids is 3. The minimum Gasteiger partial charge on any atom is -0.476 e. The van der Waals surface area contributed by atoms with Crippen LogP contribution >= 0.6 is 11.3 Å². The first-order chi connectivity index (χ1) is 9.95. The SMILES string of the molecule is O=C1CCC(NC(=O)NCc2nc(C(=O)O)cs2)C(=O)N1. The van der Waals surface area contributed by atoms with E-state index in [4.69, 9.17) is 5.11 Å². The highest BCUT2D eigenvalue weighted by Gasteiger charge is 2.27. The lowest BCUT2D eigenvalue weighted by Crippen LogP contribution is -2.54. The number of urea groups is 1. The molecule has 1 fully saturated rings. The van der Waals surface area contributed by atoms with Crippen molar-refractivity contribution in [3.05, 3.63) is 16.1 Å². The molecule has 1 aromatic rings. The van der Waals surface area contributed by atoms with Gasteiger partial charge in [0.2, 0.25) is 11.8 Å². The molecule has 10 heteroatoms. The zero-order valence-corrected chi connectivity index (χ0v) is 11.5. The fourth-order valence-corrected chi connectivity index (χ4v) is 2.39. The largest absolute Gasteiger partial charge is 0.476 e. The van der Waals surface area contributed by atoms with Gasteiger partial charge in [-0.15, -0.1) is 11.3 Å². The average Bonchev–Trinajstić information content (AvgIpc) is 2.89. The fraction of sp³-hybridized carbons (Fsp3) is 0.364. The van der Waals surface area contributed by atoms with Crippen molar-refractivity contribution in [1.82, 2.24) is 20.9 Å². The molecule has 21 heavy (non-hydrogen) atoms. The summed E-state index contributed by atoms with van der Waals surface area (Å²) in [6.07, 6.45) is 0.420.